The Morgan fingerprint density at radius 2 is 1.80 bits per heavy atom. The van der Waals surface area contributed by atoms with Crippen LogP contribution in [0.3, 0.4) is 0 Å². The Labute approximate surface area is 85.6 Å². The molecule has 1 aromatic rings. The monoisotopic (exact) mass is 210 g/mol. The topological polar surface area (TPSA) is 91.4 Å². The largest absolute Gasteiger partial charge is 0.464 e. The Kier molecular flexibility index (Phi) is 2.89. The van der Waals surface area contributed by atoms with Crippen LogP contribution in [0, 0.1) is 0 Å². The second kappa shape index (κ2) is 3.95. The van der Waals surface area contributed by atoms with Crippen molar-refractivity contribution >= 4 is 17.7 Å². The third-order valence-corrected chi connectivity index (χ3v) is 1.97. The van der Waals surface area contributed by atoms with Crippen LogP contribution < -0.4 is 5.73 Å². The summed E-state index contributed by atoms with van der Waals surface area (Å²) in [5, 5.41) is 0. The van der Waals surface area contributed by atoms with Crippen molar-refractivity contribution in [1.82, 2.24) is 4.57 Å². The SMILES string of the molecule is COC(=O)c1ccc(C(=O)C(N)=O)n1C. The van der Waals surface area contributed by atoms with Crippen molar-refractivity contribution in [2.24, 2.45) is 12.8 Å². The molecule has 6 heteroatoms. The number of carbonyl (C=O) groups excluding carboxylic acids is 3. The second-order valence-electron chi connectivity index (χ2n) is 2.85. The molecule has 15 heavy (non-hydrogen) atoms. The van der Waals surface area contributed by atoms with Crippen LogP contribution in [-0.2, 0) is 16.6 Å². The van der Waals surface area contributed by atoms with E-state index in [1.807, 2.05) is 0 Å². The number of methoxy groups -OCH3 is 1. The molecule has 2 N–H and O–H groups in total. The fourth-order valence-corrected chi connectivity index (χ4v) is 1.18. The molecule has 0 spiro atoms. The summed E-state index contributed by atoms with van der Waals surface area (Å²) in [5.74, 6) is -2.48. The molecule has 0 saturated carbocycles. The van der Waals surface area contributed by atoms with Gasteiger partial charge in [0.05, 0.1) is 12.8 Å². The lowest BCUT2D eigenvalue weighted by atomic mass is 10.3. The Morgan fingerprint density at radius 1 is 1.27 bits per heavy atom. The first-order valence-electron chi connectivity index (χ1n) is 4.07. The highest BCUT2D eigenvalue weighted by molar-refractivity contribution is 6.41. The highest BCUT2D eigenvalue weighted by Gasteiger charge is 2.20. The smallest absolute Gasteiger partial charge is 0.354 e. The van der Waals surface area contributed by atoms with Crippen molar-refractivity contribution in [3.63, 3.8) is 0 Å². The average Bonchev–Trinajstić information content (AvgIpc) is 2.57. The summed E-state index contributed by atoms with van der Waals surface area (Å²) >= 11 is 0. The van der Waals surface area contributed by atoms with E-state index in [9.17, 15) is 14.4 Å². The van der Waals surface area contributed by atoms with Gasteiger partial charge in [-0.05, 0) is 12.1 Å². The lowest BCUT2D eigenvalue weighted by Crippen LogP contribution is -2.25. The average molecular weight is 210 g/mol. The number of aromatic nitrogens is 1. The minimum atomic E-state index is -1.06. The molecule has 6 nitrogen and oxygen atoms in total. The molecule has 0 aromatic carbocycles. The van der Waals surface area contributed by atoms with E-state index in [0.717, 1.165) is 0 Å². The molecular weight excluding hydrogens is 200 g/mol. The molecule has 1 heterocycles. The minimum absolute atomic E-state index is 0.0582. The zero-order valence-electron chi connectivity index (χ0n) is 8.31. The maximum Gasteiger partial charge on any atom is 0.354 e. The number of primary amides is 1. The highest BCUT2D eigenvalue weighted by Crippen LogP contribution is 2.08. The Morgan fingerprint density at radius 3 is 2.27 bits per heavy atom. The molecule has 1 aromatic heterocycles. The van der Waals surface area contributed by atoms with Crippen molar-refractivity contribution in [2.75, 3.05) is 7.11 Å². The van der Waals surface area contributed by atoms with E-state index < -0.39 is 17.7 Å². The highest BCUT2D eigenvalue weighted by atomic mass is 16.5. The maximum absolute atomic E-state index is 11.2. The first-order chi connectivity index (χ1) is 6.99. The predicted octanol–water partition coefficient (Wildman–Crippen LogP) is -0.520. The van der Waals surface area contributed by atoms with E-state index in [-0.39, 0.29) is 11.4 Å². The number of carbonyl (C=O) groups is 3. The van der Waals surface area contributed by atoms with Crippen LogP contribution in [0.1, 0.15) is 21.0 Å². The first kappa shape index (κ1) is 11.0. The van der Waals surface area contributed by atoms with Gasteiger partial charge in [-0.25, -0.2) is 4.79 Å². The number of nitrogens with zero attached hydrogens (tertiary/aromatic N) is 1. The van der Waals surface area contributed by atoms with Crippen LogP contribution >= 0.6 is 0 Å². The number of esters is 1. The van der Waals surface area contributed by atoms with Crippen molar-refractivity contribution in [1.29, 1.82) is 0 Å². The summed E-state index contributed by atoms with van der Waals surface area (Å²) in [6.45, 7) is 0. The van der Waals surface area contributed by atoms with Gasteiger partial charge < -0.3 is 15.0 Å². The molecule has 1 rings (SSSR count). The molecule has 0 bridgehead atoms. The number of amides is 1. The van der Waals surface area contributed by atoms with Crippen molar-refractivity contribution < 1.29 is 19.1 Å². The molecule has 0 aliphatic rings. The number of rotatable bonds is 3. The molecule has 0 fully saturated rings. The van der Waals surface area contributed by atoms with Gasteiger partial charge in [0.1, 0.15) is 5.69 Å². The van der Waals surface area contributed by atoms with Crippen molar-refractivity contribution in [2.45, 2.75) is 0 Å². The fourth-order valence-electron chi connectivity index (χ4n) is 1.18. The van der Waals surface area contributed by atoms with Gasteiger partial charge in [0.25, 0.3) is 11.7 Å². The summed E-state index contributed by atoms with van der Waals surface area (Å²) in [6.07, 6.45) is 0. The quantitative estimate of drug-likeness (QED) is 0.413. The van der Waals surface area contributed by atoms with E-state index in [2.05, 4.69) is 4.74 Å². The molecule has 0 aliphatic heterocycles. The Hall–Kier alpha value is -2.11. The first-order valence-corrected chi connectivity index (χ1v) is 4.07. The maximum atomic E-state index is 11.2. The summed E-state index contributed by atoms with van der Waals surface area (Å²) in [6, 6.07) is 2.74. The van der Waals surface area contributed by atoms with Crippen LogP contribution in [0.15, 0.2) is 12.1 Å². The number of ether oxygens (including phenoxy) is 1. The molecule has 80 valence electrons. The summed E-state index contributed by atoms with van der Waals surface area (Å²) in [7, 11) is 2.70. The zero-order chi connectivity index (χ0) is 11.6. The zero-order valence-corrected chi connectivity index (χ0v) is 8.31. The minimum Gasteiger partial charge on any atom is -0.464 e. The van der Waals surface area contributed by atoms with E-state index in [1.54, 1.807) is 0 Å². The van der Waals surface area contributed by atoms with Gasteiger partial charge in [0.2, 0.25) is 0 Å². The molecule has 0 aliphatic carbocycles. The summed E-state index contributed by atoms with van der Waals surface area (Å²) in [4.78, 5) is 33.1. The molecule has 0 saturated heterocycles. The van der Waals surface area contributed by atoms with Gasteiger partial charge in [-0.15, -0.1) is 0 Å². The van der Waals surface area contributed by atoms with E-state index in [1.165, 1.54) is 30.9 Å². The van der Waals surface area contributed by atoms with Crippen LogP contribution in [0.4, 0.5) is 0 Å². The predicted molar refractivity (Wildman–Crippen MR) is 50.3 cm³/mol. The van der Waals surface area contributed by atoms with Gasteiger partial charge in [0.15, 0.2) is 0 Å². The third kappa shape index (κ3) is 1.88. The lowest BCUT2D eigenvalue weighted by Gasteiger charge is -2.03. The number of hydrogen-bond donors (Lipinski definition) is 1. The number of nitrogens with two attached hydrogens (primary N) is 1. The fraction of sp³-hybridized carbons (Fsp3) is 0.222. The number of ketones is 1. The van der Waals surface area contributed by atoms with E-state index >= 15 is 0 Å². The van der Waals surface area contributed by atoms with Crippen LogP contribution in [-0.4, -0.2) is 29.3 Å². The summed E-state index contributed by atoms with van der Waals surface area (Å²) in [5.41, 5.74) is 5.08. The number of Topliss-reactive ketones (excluding diaryl/α,β-unsaturated/α-hetero) is 1. The van der Waals surface area contributed by atoms with Gasteiger partial charge in [-0.1, -0.05) is 0 Å². The second-order valence-corrected chi connectivity index (χ2v) is 2.85. The third-order valence-electron chi connectivity index (χ3n) is 1.97. The van der Waals surface area contributed by atoms with Crippen LogP contribution in [0.2, 0.25) is 0 Å². The summed E-state index contributed by atoms with van der Waals surface area (Å²) < 4.78 is 5.75. The standard InChI is InChI=1S/C9H10N2O4/c1-11-5(7(12)8(10)13)3-4-6(11)9(14)15-2/h3-4H,1-2H3,(H2,10,13). The normalized spacial score (nSPS) is 9.73. The van der Waals surface area contributed by atoms with Crippen LogP contribution in [0.25, 0.3) is 0 Å². The Balaban J connectivity index is 3.15. The molecule has 0 atom stereocenters. The van der Waals surface area contributed by atoms with Gasteiger partial charge >= 0.3 is 5.97 Å². The lowest BCUT2D eigenvalue weighted by molar-refractivity contribution is -0.114. The molecule has 0 radical (unpaired) electrons. The van der Waals surface area contributed by atoms with Gasteiger partial charge in [0, 0.05) is 7.05 Å². The van der Waals surface area contributed by atoms with Crippen molar-refractivity contribution in [3.05, 3.63) is 23.5 Å². The Bertz CT molecular complexity index is 433. The van der Waals surface area contributed by atoms with Gasteiger partial charge in [-0.3, -0.25) is 9.59 Å². The van der Waals surface area contributed by atoms with Crippen LogP contribution in [0.5, 0.6) is 0 Å². The van der Waals surface area contributed by atoms with E-state index in [4.69, 9.17) is 5.73 Å². The number of hydrogen-bond acceptors (Lipinski definition) is 4. The van der Waals surface area contributed by atoms with Crippen molar-refractivity contribution in [3.8, 4) is 0 Å². The molecule has 1 amide bonds. The van der Waals surface area contributed by atoms with E-state index in [0.29, 0.717) is 0 Å². The van der Waals surface area contributed by atoms with Gasteiger partial charge in [-0.2, -0.15) is 0 Å². The molecular formula is C9H10N2O4. The molecule has 0 unspecified atom stereocenters.